The highest BCUT2D eigenvalue weighted by Gasteiger charge is 2.42. The third-order valence-corrected chi connectivity index (χ3v) is 9.10. The van der Waals surface area contributed by atoms with Gasteiger partial charge >= 0.3 is 0 Å². The number of carbonyl (C=O) groups is 1. The number of piperazine rings is 1. The van der Waals surface area contributed by atoms with E-state index in [1.54, 1.807) is 18.2 Å². The molecule has 5 rings (SSSR count). The van der Waals surface area contributed by atoms with Crippen LogP contribution in [0.3, 0.4) is 0 Å². The van der Waals surface area contributed by atoms with Crippen LogP contribution in [0.1, 0.15) is 24.0 Å². The Morgan fingerprint density at radius 2 is 1.82 bits per heavy atom. The van der Waals surface area contributed by atoms with Gasteiger partial charge in [0.15, 0.2) is 0 Å². The molecule has 3 aromatic rings. The van der Waals surface area contributed by atoms with Gasteiger partial charge in [0, 0.05) is 38.4 Å². The summed E-state index contributed by atoms with van der Waals surface area (Å²) in [4.78, 5) is 17.7. The fourth-order valence-electron chi connectivity index (χ4n) is 4.83. The van der Waals surface area contributed by atoms with Crippen LogP contribution in [0.5, 0.6) is 0 Å². The Labute approximate surface area is 198 Å². The monoisotopic (exact) mass is 485 g/mol. The molecule has 0 spiro atoms. The predicted molar refractivity (Wildman–Crippen MR) is 129 cm³/mol. The number of hydrogen-bond donors (Lipinski definition) is 0. The lowest BCUT2D eigenvalue weighted by Gasteiger charge is -2.38. The van der Waals surface area contributed by atoms with Crippen LogP contribution in [0.25, 0.3) is 11.0 Å². The zero-order valence-corrected chi connectivity index (χ0v) is 20.4. The summed E-state index contributed by atoms with van der Waals surface area (Å²) in [5.74, 6) is -0.0970. The van der Waals surface area contributed by atoms with Crippen molar-refractivity contribution in [3.8, 4) is 0 Å². The maximum absolute atomic E-state index is 13.5. The molecule has 0 bridgehead atoms. The number of aromatic nitrogens is 2. The van der Waals surface area contributed by atoms with E-state index in [0.717, 1.165) is 24.8 Å². The zero-order chi connectivity index (χ0) is 23.2. The van der Waals surface area contributed by atoms with Crippen molar-refractivity contribution in [3.63, 3.8) is 0 Å². The molecule has 33 heavy (non-hydrogen) atoms. The average molecular weight is 486 g/mol. The van der Waals surface area contributed by atoms with Gasteiger partial charge in [0.05, 0.1) is 11.7 Å². The van der Waals surface area contributed by atoms with Crippen LogP contribution in [-0.2, 0) is 14.8 Å². The normalized spacial score (nSPS) is 20.0. The van der Waals surface area contributed by atoms with Gasteiger partial charge in [-0.25, -0.2) is 8.42 Å². The van der Waals surface area contributed by atoms with Gasteiger partial charge in [-0.15, -0.1) is 0 Å². The number of nitrogens with zero attached hydrogens (tertiary/aromatic N) is 5. The number of aryl methyl sites for hydroxylation is 2. The van der Waals surface area contributed by atoms with Gasteiger partial charge in [-0.1, -0.05) is 18.2 Å². The molecule has 8 nitrogen and oxygen atoms in total. The van der Waals surface area contributed by atoms with Crippen molar-refractivity contribution in [3.05, 3.63) is 47.5 Å². The van der Waals surface area contributed by atoms with Crippen molar-refractivity contribution < 1.29 is 13.2 Å². The Morgan fingerprint density at radius 3 is 2.61 bits per heavy atom. The summed E-state index contributed by atoms with van der Waals surface area (Å²) in [7, 11) is -3.85. The molecule has 0 aliphatic carbocycles. The first-order chi connectivity index (χ1) is 15.9. The molecule has 2 fully saturated rings. The predicted octanol–water partition coefficient (Wildman–Crippen LogP) is 2.81. The van der Waals surface area contributed by atoms with Crippen molar-refractivity contribution in [2.45, 2.75) is 37.6 Å². The maximum Gasteiger partial charge on any atom is 0.246 e. The molecule has 10 heteroatoms. The van der Waals surface area contributed by atoms with Crippen LogP contribution >= 0.6 is 11.7 Å². The van der Waals surface area contributed by atoms with Crippen molar-refractivity contribution in [2.75, 3.05) is 37.6 Å². The summed E-state index contributed by atoms with van der Waals surface area (Å²) in [5.41, 5.74) is 4.58. The minimum absolute atomic E-state index is 0.0970. The summed E-state index contributed by atoms with van der Waals surface area (Å²) in [5, 5.41) is 0. The van der Waals surface area contributed by atoms with Crippen molar-refractivity contribution in [2.24, 2.45) is 0 Å². The molecule has 3 heterocycles. The van der Waals surface area contributed by atoms with Gasteiger partial charge in [-0.05, 0) is 56.0 Å². The number of carbonyl (C=O) groups excluding carboxylic acids is 1. The lowest BCUT2D eigenvalue weighted by Crippen LogP contribution is -2.54. The second-order valence-electron chi connectivity index (χ2n) is 8.76. The second-order valence-corrected chi connectivity index (χ2v) is 11.2. The highest BCUT2D eigenvalue weighted by molar-refractivity contribution is 7.89. The second kappa shape index (κ2) is 8.66. The molecular weight excluding hydrogens is 458 g/mol. The lowest BCUT2D eigenvalue weighted by molar-refractivity contribution is -0.134. The van der Waals surface area contributed by atoms with Crippen LogP contribution in [0.4, 0.5) is 5.69 Å². The van der Waals surface area contributed by atoms with E-state index < -0.39 is 16.1 Å². The van der Waals surface area contributed by atoms with Crippen molar-refractivity contribution in [1.29, 1.82) is 0 Å². The van der Waals surface area contributed by atoms with E-state index in [1.165, 1.54) is 21.1 Å². The Balaban J connectivity index is 1.33. The Hall–Kier alpha value is -2.56. The van der Waals surface area contributed by atoms with Crippen LogP contribution in [0.2, 0.25) is 0 Å². The number of rotatable bonds is 4. The minimum Gasteiger partial charge on any atom is -0.368 e. The topological polar surface area (TPSA) is 86.7 Å². The summed E-state index contributed by atoms with van der Waals surface area (Å²) in [6.07, 6.45) is 1.21. The highest BCUT2D eigenvalue weighted by atomic mass is 32.2. The fourth-order valence-corrected chi connectivity index (χ4v) is 7.23. The third kappa shape index (κ3) is 4.00. The molecule has 1 atom stereocenters. The highest BCUT2D eigenvalue weighted by Crippen LogP contribution is 2.31. The Bertz CT molecular complexity index is 1300. The van der Waals surface area contributed by atoms with Gasteiger partial charge in [-0.3, -0.25) is 4.79 Å². The van der Waals surface area contributed by atoms with Crippen LogP contribution in [0, 0.1) is 13.8 Å². The van der Waals surface area contributed by atoms with Gasteiger partial charge in [0.25, 0.3) is 0 Å². The van der Waals surface area contributed by atoms with Gasteiger partial charge in [-0.2, -0.15) is 13.1 Å². The largest absolute Gasteiger partial charge is 0.368 e. The Morgan fingerprint density at radius 1 is 1.03 bits per heavy atom. The van der Waals surface area contributed by atoms with Crippen LogP contribution in [-0.4, -0.2) is 71.0 Å². The van der Waals surface area contributed by atoms with E-state index in [-0.39, 0.29) is 10.8 Å². The smallest absolute Gasteiger partial charge is 0.246 e. The van der Waals surface area contributed by atoms with E-state index >= 15 is 0 Å². The number of benzene rings is 2. The molecule has 174 valence electrons. The number of sulfonamides is 1. The van der Waals surface area contributed by atoms with Crippen molar-refractivity contribution >= 4 is 44.4 Å². The fraction of sp³-hybridized carbons (Fsp3) is 0.435. The third-order valence-electron chi connectivity index (χ3n) is 6.62. The van der Waals surface area contributed by atoms with Gasteiger partial charge in [0.2, 0.25) is 15.9 Å². The molecule has 1 amide bonds. The van der Waals surface area contributed by atoms with E-state index in [0.29, 0.717) is 43.5 Å². The molecule has 2 aliphatic heterocycles. The zero-order valence-electron chi connectivity index (χ0n) is 18.8. The van der Waals surface area contributed by atoms with Crippen LogP contribution < -0.4 is 4.90 Å². The minimum atomic E-state index is -3.85. The first kappa shape index (κ1) is 22.2. The number of anilines is 1. The standard InChI is InChI=1S/C23H27N5O3S2/c1-16-8-9-17(2)20(15-16)26-11-13-27(14-12-26)23(29)19-6-4-10-28(19)33(30,31)21-7-3-5-18-22(21)25-32-24-18/h3,5,7-9,15,19H,4,6,10-14H2,1-2H3. The van der Waals surface area contributed by atoms with E-state index in [1.807, 2.05) is 4.90 Å². The number of amides is 1. The molecule has 2 saturated heterocycles. The first-order valence-electron chi connectivity index (χ1n) is 11.2. The summed E-state index contributed by atoms with van der Waals surface area (Å²) >= 11 is 0.993. The van der Waals surface area contributed by atoms with Gasteiger partial charge < -0.3 is 9.80 Å². The molecule has 0 radical (unpaired) electrons. The molecule has 0 N–H and O–H groups in total. The maximum atomic E-state index is 13.5. The van der Waals surface area contributed by atoms with Gasteiger partial charge in [0.1, 0.15) is 22.0 Å². The molecule has 2 aromatic carbocycles. The SMILES string of the molecule is Cc1ccc(C)c(N2CCN(C(=O)C3CCCN3S(=O)(=O)c3cccc4nsnc34)CC2)c1. The molecule has 1 unspecified atom stereocenters. The molecule has 0 saturated carbocycles. The number of fused-ring (bicyclic) bond motifs is 1. The van der Waals surface area contributed by atoms with E-state index in [4.69, 9.17) is 0 Å². The molecule has 1 aromatic heterocycles. The van der Waals surface area contributed by atoms with Crippen LogP contribution in [0.15, 0.2) is 41.3 Å². The first-order valence-corrected chi connectivity index (χ1v) is 13.4. The summed E-state index contributed by atoms with van der Waals surface area (Å²) < 4.78 is 36.8. The number of hydrogen-bond acceptors (Lipinski definition) is 7. The van der Waals surface area contributed by atoms with E-state index in [9.17, 15) is 13.2 Å². The van der Waals surface area contributed by atoms with E-state index in [2.05, 4.69) is 45.7 Å². The lowest BCUT2D eigenvalue weighted by atomic mass is 10.1. The molecular formula is C23H27N5O3S2. The molecule has 2 aliphatic rings. The average Bonchev–Trinajstić information content (AvgIpc) is 3.50. The quantitative estimate of drug-likeness (QED) is 0.565. The summed E-state index contributed by atoms with van der Waals surface area (Å²) in [6, 6.07) is 10.7. The summed E-state index contributed by atoms with van der Waals surface area (Å²) in [6.45, 7) is 7.17. The Kier molecular flexibility index (Phi) is 5.84. The van der Waals surface area contributed by atoms with Crippen molar-refractivity contribution in [1.82, 2.24) is 18.0 Å².